The second-order valence-corrected chi connectivity index (χ2v) is 12.2. The number of carboxylic acid groups (broad SMARTS) is 2. The largest absolute Gasteiger partial charge is 0.481 e. The number of aromatic amines is 2. The lowest BCUT2D eigenvalue weighted by atomic mass is 9.89. The molecular weight excluding hydrogens is 580 g/mol. The summed E-state index contributed by atoms with van der Waals surface area (Å²) in [6, 6.07) is -0.188. The molecule has 2 aromatic heterocycles. The summed E-state index contributed by atoms with van der Waals surface area (Å²) in [6.07, 6.45) is 6.19. The zero-order valence-corrected chi connectivity index (χ0v) is 26.9. The minimum absolute atomic E-state index is 0.00213. The van der Waals surface area contributed by atoms with Crippen LogP contribution in [0.5, 0.6) is 0 Å². The molecular formula is C33H42N4O6S. The minimum Gasteiger partial charge on any atom is -0.481 e. The van der Waals surface area contributed by atoms with Gasteiger partial charge in [-0.1, -0.05) is 13.8 Å². The van der Waals surface area contributed by atoms with Crippen LogP contribution in [0.25, 0.3) is 12.2 Å². The van der Waals surface area contributed by atoms with E-state index in [0.717, 1.165) is 56.3 Å². The minimum atomic E-state index is -0.909. The van der Waals surface area contributed by atoms with Crippen molar-refractivity contribution in [2.75, 3.05) is 5.75 Å². The smallest absolute Gasteiger partial charge is 0.303 e. The number of aliphatic imine (C=N–C) groups is 1. The van der Waals surface area contributed by atoms with Gasteiger partial charge in [0, 0.05) is 52.8 Å². The van der Waals surface area contributed by atoms with Crippen LogP contribution in [0.15, 0.2) is 16.1 Å². The molecule has 0 spiro atoms. The molecule has 0 aromatic carbocycles. The van der Waals surface area contributed by atoms with Crippen LogP contribution < -0.4 is 16.0 Å². The third-order valence-corrected chi connectivity index (χ3v) is 9.40. The van der Waals surface area contributed by atoms with Crippen molar-refractivity contribution in [3.05, 3.63) is 55.5 Å². The fourth-order valence-electron chi connectivity index (χ4n) is 6.43. The van der Waals surface area contributed by atoms with Gasteiger partial charge in [-0.3, -0.25) is 19.2 Å². The second kappa shape index (κ2) is 13.8. The molecule has 0 aliphatic carbocycles. The maximum Gasteiger partial charge on any atom is 0.303 e. The Morgan fingerprint density at radius 3 is 2.23 bits per heavy atom. The maximum absolute atomic E-state index is 12.5. The summed E-state index contributed by atoms with van der Waals surface area (Å²) in [6.45, 7) is 9.64. The van der Waals surface area contributed by atoms with Crippen molar-refractivity contribution < 1.29 is 29.4 Å². The Kier molecular flexibility index (Phi) is 10.4. The van der Waals surface area contributed by atoms with E-state index >= 15 is 0 Å². The molecule has 44 heavy (non-hydrogen) atoms. The van der Waals surface area contributed by atoms with Crippen molar-refractivity contribution >= 4 is 54.2 Å². The first kappa shape index (κ1) is 33.0. The number of nitrogens with zero attached hydrogens (tertiary/aromatic N) is 1. The van der Waals surface area contributed by atoms with Gasteiger partial charge < -0.3 is 25.5 Å². The number of amides is 2. The molecule has 0 bridgehead atoms. The molecule has 4 rings (SSSR count). The zero-order valence-electron chi connectivity index (χ0n) is 26.0. The van der Waals surface area contributed by atoms with E-state index in [1.807, 2.05) is 46.8 Å². The van der Waals surface area contributed by atoms with Crippen molar-refractivity contribution in [1.82, 2.24) is 15.3 Å². The Bertz CT molecular complexity index is 1680. The molecule has 11 heteroatoms. The number of hydrogen-bond donors (Lipinski definition) is 6. The monoisotopic (exact) mass is 622 g/mol. The number of nitrogens with one attached hydrogen (secondary N) is 3. The normalized spacial score (nSPS) is 21.0. The fourth-order valence-corrected chi connectivity index (χ4v) is 6.73. The zero-order chi connectivity index (χ0) is 32.3. The molecule has 2 amide bonds. The lowest BCUT2D eigenvalue weighted by molar-refractivity contribution is -0.138. The Balaban J connectivity index is 1.84. The Hall–Kier alpha value is -3.86. The van der Waals surface area contributed by atoms with Crippen LogP contribution >= 0.6 is 12.6 Å². The summed E-state index contributed by atoms with van der Waals surface area (Å²) < 4.78 is 0. The van der Waals surface area contributed by atoms with Gasteiger partial charge in [0.25, 0.3) is 5.91 Å². The highest BCUT2D eigenvalue weighted by molar-refractivity contribution is 7.80. The van der Waals surface area contributed by atoms with E-state index in [-0.39, 0.29) is 42.5 Å². The number of thiol groups is 1. The van der Waals surface area contributed by atoms with Gasteiger partial charge in [-0.05, 0) is 98.1 Å². The van der Waals surface area contributed by atoms with E-state index in [1.165, 1.54) is 0 Å². The maximum atomic E-state index is 12.5. The second-order valence-electron chi connectivity index (χ2n) is 11.8. The van der Waals surface area contributed by atoms with Crippen molar-refractivity contribution in [2.24, 2.45) is 16.8 Å². The number of carbonyl (C=O) groups is 4. The number of aliphatic carboxylic acids is 2. The number of carboxylic acids is 2. The highest BCUT2D eigenvalue weighted by Crippen LogP contribution is 2.28. The molecule has 236 valence electrons. The van der Waals surface area contributed by atoms with Crippen LogP contribution in [0.1, 0.15) is 80.1 Å². The standard InChI is InChI=1S/C33H42N4O6S/c1-6-20-16(2)26(36-33(20)43)13-24-17(3)21(7-9-30(38)39)27(34-24)15-28-22(8-10-31(40)41)18(4)25(35-28)14-29-23(11-12-44)19(5)32(42)37-29/h14-15,19,23,29,34-35,44H,6-13H2,1-5H3,(H,37,42)(H,38,39)(H,40,41)/b25-14+,28-15-/t19-,23-,29?/m1/s1. The van der Waals surface area contributed by atoms with Gasteiger partial charge in [0.2, 0.25) is 5.91 Å². The molecule has 2 aliphatic heterocycles. The van der Waals surface area contributed by atoms with E-state index in [9.17, 15) is 29.4 Å². The highest BCUT2D eigenvalue weighted by atomic mass is 32.1. The SMILES string of the molecule is CCC1=C(C)C(Cc2[nH]c(/C=c3\[nH]/c(=C/C4NC(=O)[C@H](C)[C@H]4CCS)c(C)c3CCC(=O)O)c(CCC(=O)O)c2C)=NC1=O. The highest BCUT2D eigenvalue weighted by Gasteiger charge is 2.37. The van der Waals surface area contributed by atoms with Crippen LogP contribution in [-0.2, 0) is 38.4 Å². The van der Waals surface area contributed by atoms with Crippen molar-refractivity contribution in [1.29, 1.82) is 0 Å². The number of H-pyrrole nitrogens is 2. The van der Waals surface area contributed by atoms with E-state index in [4.69, 9.17) is 0 Å². The van der Waals surface area contributed by atoms with Crippen molar-refractivity contribution in [2.45, 2.75) is 85.6 Å². The molecule has 10 nitrogen and oxygen atoms in total. The van der Waals surface area contributed by atoms with Gasteiger partial charge in [-0.15, -0.1) is 0 Å². The fraction of sp³-hybridized carbons (Fsp3) is 0.485. The molecule has 1 saturated heterocycles. The predicted octanol–water partition coefficient (Wildman–Crippen LogP) is 2.92. The summed E-state index contributed by atoms with van der Waals surface area (Å²) in [5.41, 5.74) is 7.36. The van der Waals surface area contributed by atoms with Gasteiger partial charge >= 0.3 is 11.9 Å². The summed E-state index contributed by atoms with van der Waals surface area (Å²) in [5, 5.41) is 23.5. The van der Waals surface area contributed by atoms with Crippen molar-refractivity contribution in [3.8, 4) is 0 Å². The number of hydrogen-bond acceptors (Lipinski definition) is 5. The summed E-state index contributed by atoms with van der Waals surface area (Å²) in [7, 11) is 0. The molecule has 3 atom stereocenters. The van der Waals surface area contributed by atoms with Gasteiger partial charge in [0.05, 0.1) is 11.8 Å². The molecule has 1 unspecified atom stereocenters. The van der Waals surface area contributed by atoms with E-state index in [2.05, 4.69) is 32.9 Å². The summed E-state index contributed by atoms with van der Waals surface area (Å²) in [4.78, 5) is 59.2. The quantitative estimate of drug-likeness (QED) is 0.188. The predicted molar refractivity (Wildman–Crippen MR) is 172 cm³/mol. The Morgan fingerprint density at radius 1 is 0.977 bits per heavy atom. The Morgan fingerprint density at radius 2 is 1.64 bits per heavy atom. The average Bonchev–Trinajstić information content (AvgIpc) is 3.60. The van der Waals surface area contributed by atoms with E-state index < -0.39 is 11.9 Å². The molecule has 1 fully saturated rings. The third kappa shape index (κ3) is 6.93. The van der Waals surface area contributed by atoms with Gasteiger partial charge in [0.15, 0.2) is 0 Å². The molecule has 0 radical (unpaired) electrons. The van der Waals surface area contributed by atoms with Crippen LogP contribution in [0.2, 0.25) is 0 Å². The summed E-state index contributed by atoms with van der Waals surface area (Å²) in [5.74, 6) is -1.42. The van der Waals surface area contributed by atoms with Gasteiger partial charge in [-0.2, -0.15) is 12.6 Å². The van der Waals surface area contributed by atoms with Gasteiger partial charge in [0.1, 0.15) is 0 Å². The van der Waals surface area contributed by atoms with Crippen LogP contribution in [0.4, 0.5) is 0 Å². The van der Waals surface area contributed by atoms with E-state index in [1.54, 1.807) is 0 Å². The number of aromatic nitrogens is 2. The number of allylic oxidation sites excluding steroid dienone is 1. The third-order valence-electron chi connectivity index (χ3n) is 9.15. The molecule has 5 N–H and O–H groups in total. The lowest BCUT2D eigenvalue weighted by Gasteiger charge is -2.16. The number of carbonyl (C=O) groups excluding carboxylic acids is 2. The first-order valence-electron chi connectivity index (χ1n) is 15.1. The van der Waals surface area contributed by atoms with Crippen LogP contribution in [-0.4, -0.2) is 61.4 Å². The topological polar surface area (TPSA) is 165 Å². The van der Waals surface area contributed by atoms with E-state index in [0.29, 0.717) is 42.7 Å². The first-order chi connectivity index (χ1) is 20.9. The van der Waals surface area contributed by atoms with Crippen LogP contribution in [0, 0.1) is 25.7 Å². The average molecular weight is 623 g/mol. The molecule has 2 aromatic rings. The first-order valence-corrected chi connectivity index (χ1v) is 15.8. The van der Waals surface area contributed by atoms with Crippen LogP contribution in [0.3, 0.4) is 0 Å². The molecule has 0 saturated carbocycles. The lowest BCUT2D eigenvalue weighted by Crippen LogP contribution is -2.30. The van der Waals surface area contributed by atoms with Gasteiger partial charge in [-0.25, -0.2) is 4.99 Å². The Labute approximate surface area is 262 Å². The molecule has 2 aliphatic rings. The van der Waals surface area contributed by atoms with Crippen molar-refractivity contribution in [3.63, 3.8) is 0 Å². The molecule has 4 heterocycles. The summed E-state index contributed by atoms with van der Waals surface area (Å²) >= 11 is 4.39. The number of rotatable bonds is 13.